The lowest BCUT2D eigenvalue weighted by molar-refractivity contribution is -0.155. The van der Waals surface area contributed by atoms with Crippen molar-refractivity contribution in [3.05, 3.63) is 35.4 Å². The summed E-state index contributed by atoms with van der Waals surface area (Å²) < 4.78 is 10.0. The number of hydrogen-bond acceptors (Lipinski definition) is 3. The summed E-state index contributed by atoms with van der Waals surface area (Å²) in [5, 5.41) is 0. The molecule has 74 valence electrons. The standard InChI is InChI=1S/C11H12O3/c1-13-11(12)10-6-8-4-2-3-5-9(8)7-14-10/h2-5,10H,6-7H2,1H3/t10-/m0/s1. The molecule has 0 unspecified atom stereocenters. The lowest BCUT2D eigenvalue weighted by atomic mass is 9.99. The van der Waals surface area contributed by atoms with E-state index >= 15 is 0 Å². The fourth-order valence-electron chi connectivity index (χ4n) is 1.63. The molecule has 1 aromatic carbocycles. The summed E-state index contributed by atoms with van der Waals surface area (Å²) in [6, 6.07) is 7.98. The first kappa shape index (κ1) is 9.21. The van der Waals surface area contributed by atoms with E-state index in [0.29, 0.717) is 13.0 Å². The van der Waals surface area contributed by atoms with E-state index in [-0.39, 0.29) is 5.97 Å². The number of rotatable bonds is 1. The largest absolute Gasteiger partial charge is 0.467 e. The third kappa shape index (κ3) is 1.63. The molecule has 1 heterocycles. The van der Waals surface area contributed by atoms with E-state index in [9.17, 15) is 4.79 Å². The van der Waals surface area contributed by atoms with Gasteiger partial charge in [-0.1, -0.05) is 24.3 Å². The van der Waals surface area contributed by atoms with Gasteiger partial charge in [-0.2, -0.15) is 0 Å². The molecule has 0 spiro atoms. The first-order valence-corrected chi connectivity index (χ1v) is 4.57. The zero-order valence-electron chi connectivity index (χ0n) is 8.03. The minimum atomic E-state index is -0.435. The fraction of sp³-hybridized carbons (Fsp3) is 0.364. The SMILES string of the molecule is COC(=O)[C@@H]1Cc2ccccc2CO1. The van der Waals surface area contributed by atoms with Crippen molar-refractivity contribution in [1.82, 2.24) is 0 Å². The molecule has 1 aliphatic heterocycles. The van der Waals surface area contributed by atoms with E-state index in [1.165, 1.54) is 12.7 Å². The van der Waals surface area contributed by atoms with Crippen molar-refractivity contribution in [3.8, 4) is 0 Å². The summed E-state index contributed by atoms with van der Waals surface area (Å²) >= 11 is 0. The maximum absolute atomic E-state index is 11.2. The Labute approximate surface area is 82.6 Å². The van der Waals surface area contributed by atoms with Gasteiger partial charge in [-0.3, -0.25) is 0 Å². The second kappa shape index (κ2) is 3.80. The molecule has 0 amide bonds. The Hall–Kier alpha value is -1.35. The van der Waals surface area contributed by atoms with Crippen molar-refractivity contribution in [2.75, 3.05) is 7.11 Å². The highest BCUT2D eigenvalue weighted by atomic mass is 16.6. The van der Waals surface area contributed by atoms with Crippen molar-refractivity contribution < 1.29 is 14.3 Å². The number of benzene rings is 1. The molecule has 3 nitrogen and oxygen atoms in total. The van der Waals surface area contributed by atoms with Crippen LogP contribution in [0.2, 0.25) is 0 Å². The number of hydrogen-bond donors (Lipinski definition) is 0. The van der Waals surface area contributed by atoms with Crippen molar-refractivity contribution in [1.29, 1.82) is 0 Å². The Bertz CT molecular complexity index is 346. The second-order valence-electron chi connectivity index (χ2n) is 3.30. The van der Waals surface area contributed by atoms with Crippen LogP contribution in [0.5, 0.6) is 0 Å². The molecule has 0 aliphatic carbocycles. The average molecular weight is 192 g/mol. The normalized spacial score (nSPS) is 19.9. The van der Waals surface area contributed by atoms with Crippen LogP contribution < -0.4 is 0 Å². The van der Waals surface area contributed by atoms with E-state index in [4.69, 9.17) is 4.74 Å². The molecule has 1 aliphatic rings. The summed E-state index contributed by atoms with van der Waals surface area (Å²) in [5.41, 5.74) is 2.34. The van der Waals surface area contributed by atoms with Crippen LogP contribution in [-0.4, -0.2) is 19.2 Å². The maximum atomic E-state index is 11.2. The van der Waals surface area contributed by atoms with Crippen molar-refractivity contribution in [3.63, 3.8) is 0 Å². The molecule has 1 aromatic rings. The zero-order valence-corrected chi connectivity index (χ0v) is 8.03. The third-order valence-electron chi connectivity index (χ3n) is 2.43. The number of esters is 1. The van der Waals surface area contributed by atoms with Gasteiger partial charge in [0.2, 0.25) is 0 Å². The van der Waals surface area contributed by atoms with Gasteiger partial charge in [0.15, 0.2) is 6.10 Å². The van der Waals surface area contributed by atoms with Gasteiger partial charge in [-0.05, 0) is 11.1 Å². The number of ether oxygens (including phenoxy) is 2. The van der Waals surface area contributed by atoms with Gasteiger partial charge >= 0.3 is 5.97 Å². The maximum Gasteiger partial charge on any atom is 0.335 e. The molecule has 14 heavy (non-hydrogen) atoms. The first-order valence-electron chi connectivity index (χ1n) is 4.57. The lowest BCUT2D eigenvalue weighted by Gasteiger charge is -2.22. The van der Waals surface area contributed by atoms with E-state index < -0.39 is 6.10 Å². The van der Waals surface area contributed by atoms with Gasteiger partial charge in [0.1, 0.15) is 0 Å². The summed E-state index contributed by atoms with van der Waals surface area (Å²) in [4.78, 5) is 11.2. The number of carbonyl (C=O) groups excluding carboxylic acids is 1. The Balaban J connectivity index is 2.17. The van der Waals surface area contributed by atoms with Gasteiger partial charge in [0.25, 0.3) is 0 Å². The van der Waals surface area contributed by atoms with Crippen molar-refractivity contribution in [2.45, 2.75) is 19.1 Å². The lowest BCUT2D eigenvalue weighted by Crippen LogP contribution is -2.31. The molecule has 0 bridgehead atoms. The summed E-state index contributed by atoms with van der Waals surface area (Å²) in [6.07, 6.45) is 0.179. The molecule has 2 rings (SSSR count). The Morgan fingerprint density at radius 2 is 2.14 bits per heavy atom. The molecule has 0 aromatic heterocycles. The van der Waals surface area contributed by atoms with E-state index in [1.807, 2.05) is 24.3 Å². The summed E-state index contributed by atoms with van der Waals surface area (Å²) in [6.45, 7) is 0.496. The highest BCUT2D eigenvalue weighted by molar-refractivity contribution is 5.75. The van der Waals surface area contributed by atoms with Gasteiger partial charge in [0, 0.05) is 6.42 Å². The van der Waals surface area contributed by atoms with Crippen molar-refractivity contribution in [2.24, 2.45) is 0 Å². The van der Waals surface area contributed by atoms with Gasteiger partial charge in [-0.25, -0.2) is 4.79 Å². The monoisotopic (exact) mass is 192 g/mol. The van der Waals surface area contributed by atoms with Crippen LogP contribution >= 0.6 is 0 Å². The molecule has 0 saturated heterocycles. The Morgan fingerprint density at radius 3 is 2.86 bits per heavy atom. The molecule has 0 fully saturated rings. The van der Waals surface area contributed by atoms with E-state index in [0.717, 1.165) is 5.56 Å². The minimum absolute atomic E-state index is 0.292. The van der Waals surface area contributed by atoms with Gasteiger partial charge < -0.3 is 9.47 Å². The smallest absolute Gasteiger partial charge is 0.335 e. The van der Waals surface area contributed by atoms with Crippen LogP contribution in [0.4, 0.5) is 0 Å². The van der Waals surface area contributed by atoms with Crippen LogP contribution in [0.15, 0.2) is 24.3 Å². The Morgan fingerprint density at radius 1 is 1.43 bits per heavy atom. The van der Waals surface area contributed by atoms with Crippen molar-refractivity contribution >= 4 is 5.97 Å². The minimum Gasteiger partial charge on any atom is -0.467 e. The number of carbonyl (C=O) groups is 1. The molecule has 1 atom stereocenters. The molecule has 0 saturated carbocycles. The first-order chi connectivity index (χ1) is 6.81. The van der Waals surface area contributed by atoms with Crippen LogP contribution in [0.25, 0.3) is 0 Å². The second-order valence-corrected chi connectivity index (χ2v) is 3.30. The number of methoxy groups -OCH3 is 1. The highest BCUT2D eigenvalue weighted by Gasteiger charge is 2.25. The molecule has 0 N–H and O–H groups in total. The highest BCUT2D eigenvalue weighted by Crippen LogP contribution is 2.20. The van der Waals surface area contributed by atoms with Gasteiger partial charge in [0.05, 0.1) is 13.7 Å². The topological polar surface area (TPSA) is 35.5 Å². The quantitative estimate of drug-likeness (QED) is 0.629. The molecule has 0 radical (unpaired) electrons. The van der Waals surface area contributed by atoms with E-state index in [2.05, 4.69) is 4.74 Å². The third-order valence-corrected chi connectivity index (χ3v) is 2.43. The van der Waals surface area contributed by atoms with Gasteiger partial charge in [-0.15, -0.1) is 0 Å². The van der Waals surface area contributed by atoms with Crippen LogP contribution in [0, 0.1) is 0 Å². The number of fused-ring (bicyclic) bond motifs is 1. The Kier molecular flexibility index (Phi) is 2.50. The summed E-state index contributed by atoms with van der Waals surface area (Å²) in [7, 11) is 1.38. The van der Waals surface area contributed by atoms with Crippen LogP contribution in [0.3, 0.4) is 0 Å². The van der Waals surface area contributed by atoms with Crippen LogP contribution in [0.1, 0.15) is 11.1 Å². The molecular weight excluding hydrogens is 180 g/mol. The predicted molar refractivity (Wildman–Crippen MR) is 50.7 cm³/mol. The molecular formula is C11H12O3. The fourth-order valence-corrected chi connectivity index (χ4v) is 1.63. The summed E-state index contributed by atoms with van der Waals surface area (Å²) in [5.74, 6) is -0.292. The zero-order chi connectivity index (χ0) is 9.97. The van der Waals surface area contributed by atoms with E-state index in [1.54, 1.807) is 0 Å². The predicted octanol–water partition coefficient (Wildman–Crippen LogP) is 1.30. The average Bonchev–Trinajstić information content (AvgIpc) is 2.27. The van der Waals surface area contributed by atoms with Crippen LogP contribution in [-0.2, 0) is 27.3 Å². The molecule has 3 heteroatoms.